The molecule has 2 unspecified atom stereocenters. The summed E-state index contributed by atoms with van der Waals surface area (Å²) >= 11 is 0. The molecule has 80 valence electrons. The third-order valence-electron chi connectivity index (χ3n) is 3.43. The lowest BCUT2D eigenvalue weighted by atomic mass is 9.82. The topological polar surface area (TPSA) is 49.8 Å². The third-order valence-corrected chi connectivity index (χ3v) is 3.43. The summed E-state index contributed by atoms with van der Waals surface area (Å²) in [6.07, 6.45) is 0. The second-order valence-electron chi connectivity index (χ2n) is 4.81. The Bertz CT molecular complexity index is 250. The Morgan fingerprint density at radius 3 is 2.71 bits per heavy atom. The summed E-state index contributed by atoms with van der Waals surface area (Å²) in [5.41, 5.74) is -0.708. The van der Waals surface area contributed by atoms with Gasteiger partial charge < -0.3 is 9.84 Å². The van der Waals surface area contributed by atoms with E-state index in [0.717, 1.165) is 13.1 Å². The van der Waals surface area contributed by atoms with Gasteiger partial charge >= 0.3 is 5.97 Å². The van der Waals surface area contributed by atoms with Gasteiger partial charge in [-0.05, 0) is 12.8 Å². The van der Waals surface area contributed by atoms with E-state index in [1.165, 1.54) is 0 Å². The Balaban J connectivity index is 2.07. The molecular weight excluding hydrogens is 182 g/mol. The highest BCUT2D eigenvalue weighted by molar-refractivity contribution is 5.75. The molecule has 2 aliphatic rings. The second-order valence-corrected chi connectivity index (χ2v) is 4.81. The van der Waals surface area contributed by atoms with Gasteiger partial charge in [0, 0.05) is 13.1 Å². The van der Waals surface area contributed by atoms with Crippen molar-refractivity contribution in [2.45, 2.75) is 19.9 Å². The van der Waals surface area contributed by atoms with Gasteiger partial charge in [0.25, 0.3) is 0 Å². The number of hydrogen-bond donors (Lipinski definition) is 1. The van der Waals surface area contributed by atoms with Crippen molar-refractivity contribution in [1.29, 1.82) is 0 Å². The summed E-state index contributed by atoms with van der Waals surface area (Å²) in [5.74, 6) is -0.0341. The van der Waals surface area contributed by atoms with Crippen molar-refractivity contribution in [1.82, 2.24) is 4.90 Å². The van der Waals surface area contributed by atoms with Gasteiger partial charge in [0.05, 0.1) is 19.3 Å². The Labute approximate surface area is 83.8 Å². The van der Waals surface area contributed by atoms with Crippen LogP contribution in [0.4, 0.5) is 0 Å². The lowest BCUT2D eigenvalue weighted by Gasteiger charge is -2.45. The highest BCUT2D eigenvalue weighted by Gasteiger charge is 2.51. The van der Waals surface area contributed by atoms with Gasteiger partial charge in [-0.3, -0.25) is 9.69 Å². The summed E-state index contributed by atoms with van der Waals surface area (Å²) in [6.45, 7) is 6.90. The van der Waals surface area contributed by atoms with Gasteiger partial charge in [-0.2, -0.15) is 0 Å². The largest absolute Gasteiger partial charge is 0.481 e. The van der Waals surface area contributed by atoms with Crippen LogP contribution < -0.4 is 0 Å². The molecule has 4 nitrogen and oxygen atoms in total. The third kappa shape index (κ3) is 1.33. The number of rotatable bonds is 2. The molecule has 0 aromatic carbocycles. The molecule has 2 fully saturated rings. The molecule has 0 aromatic heterocycles. The highest BCUT2D eigenvalue weighted by atomic mass is 16.5. The van der Waals surface area contributed by atoms with Crippen LogP contribution in [0.5, 0.6) is 0 Å². The molecule has 2 saturated heterocycles. The van der Waals surface area contributed by atoms with Crippen molar-refractivity contribution < 1.29 is 14.6 Å². The van der Waals surface area contributed by atoms with Crippen LogP contribution in [0.25, 0.3) is 0 Å². The van der Waals surface area contributed by atoms with E-state index in [-0.39, 0.29) is 6.04 Å². The number of carboxylic acid groups (broad SMARTS) is 1. The number of carbonyl (C=O) groups is 1. The van der Waals surface area contributed by atoms with Crippen LogP contribution in [0.1, 0.15) is 13.8 Å². The Hall–Kier alpha value is -0.610. The molecule has 0 aliphatic carbocycles. The lowest BCUT2D eigenvalue weighted by Crippen LogP contribution is -2.58. The molecule has 2 atom stereocenters. The molecule has 0 amide bonds. The molecule has 0 saturated carbocycles. The fraction of sp³-hybridized carbons (Fsp3) is 0.900. The van der Waals surface area contributed by atoms with E-state index in [4.69, 9.17) is 4.74 Å². The van der Waals surface area contributed by atoms with Crippen LogP contribution in [0.3, 0.4) is 0 Å². The minimum absolute atomic E-state index is 0.0659. The van der Waals surface area contributed by atoms with Crippen LogP contribution in [0.15, 0.2) is 0 Å². The van der Waals surface area contributed by atoms with Gasteiger partial charge in [0.15, 0.2) is 0 Å². The van der Waals surface area contributed by atoms with Crippen molar-refractivity contribution in [3.63, 3.8) is 0 Å². The maximum absolute atomic E-state index is 11.2. The molecule has 0 radical (unpaired) electrons. The summed E-state index contributed by atoms with van der Waals surface area (Å²) < 4.78 is 5.30. The molecule has 0 aromatic rings. The quantitative estimate of drug-likeness (QED) is 0.700. The van der Waals surface area contributed by atoms with Gasteiger partial charge in [0.2, 0.25) is 0 Å². The highest BCUT2D eigenvalue weighted by Crippen LogP contribution is 2.35. The van der Waals surface area contributed by atoms with Crippen LogP contribution in [-0.2, 0) is 9.53 Å². The first kappa shape index (κ1) is 9.93. The molecule has 0 spiro atoms. The second kappa shape index (κ2) is 3.21. The zero-order chi connectivity index (χ0) is 10.3. The Kier molecular flexibility index (Phi) is 2.27. The van der Waals surface area contributed by atoms with Gasteiger partial charge in [-0.25, -0.2) is 0 Å². The molecule has 2 rings (SSSR count). The normalized spacial score (nSPS) is 39.7. The minimum atomic E-state index is -0.737. The van der Waals surface area contributed by atoms with Gasteiger partial charge in [-0.1, -0.05) is 6.92 Å². The molecule has 1 N–H and O–H groups in total. The van der Waals surface area contributed by atoms with E-state index in [1.807, 2.05) is 0 Å². The van der Waals surface area contributed by atoms with Crippen molar-refractivity contribution in [2.24, 2.45) is 11.3 Å². The molecule has 14 heavy (non-hydrogen) atoms. The molecule has 2 aliphatic heterocycles. The molecular formula is C10H17NO3. The van der Waals surface area contributed by atoms with Crippen LogP contribution in [-0.4, -0.2) is 48.3 Å². The van der Waals surface area contributed by atoms with E-state index in [2.05, 4.69) is 11.8 Å². The number of aliphatic carboxylic acids is 1. The van der Waals surface area contributed by atoms with E-state index < -0.39 is 11.4 Å². The van der Waals surface area contributed by atoms with Crippen molar-refractivity contribution >= 4 is 5.97 Å². The maximum Gasteiger partial charge on any atom is 0.313 e. The average molecular weight is 199 g/mol. The van der Waals surface area contributed by atoms with Crippen molar-refractivity contribution in [3.05, 3.63) is 0 Å². The zero-order valence-electron chi connectivity index (χ0n) is 8.69. The van der Waals surface area contributed by atoms with Gasteiger partial charge in [-0.15, -0.1) is 0 Å². The Morgan fingerprint density at radius 2 is 2.21 bits per heavy atom. The molecule has 2 heterocycles. The number of carboxylic acids is 1. The smallest absolute Gasteiger partial charge is 0.313 e. The number of hydrogen-bond acceptors (Lipinski definition) is 3. The minimum Gasteiger partial charge on any atom is -0.481 e. The summed E-state index contributed by atoms with van der Waals surface area (Å²) in [5, 5.41) is 9.17. The van der Waals surface area contributed by atoms with E-state index >= 15 is 0 Å². The SMILES string of the molecule is CC1CN(C2COCC2(C)C(=O)O)C1. The monoisotopic (exact) mass is 199 g/mol. The summed E-state index contributed by atoms with van der Waals surface area (Å²) in [6, 6.07) is 0.0659. The van der Waals surface area contributed by atoms with E-state index in [0.29, 0.717) is 19.1 Å². The van der Waals surface area contributed by atoms with Crippen molar-refractivity contribution in [3.8, 4) is 0 Å². The van der Waals surface area contributed by atoms with Crippen LogP contribution >= 0.6 is 0 Å². The van der Waals surface area contributed by atoms with Crippen molar-refractivity contribution in [2.75, 3.05) is 26.3 Å². The summed E-state index contributed by atoms with van der Waals surface area (Å²) in [4.78, 5) is 13.4. The molecule has 4 heteroatoms. The van der Waals surface area contributed by atoms with Gasteiger partial charge in [0.1, 0.15) is 5.41 Å². The number of likely N-dealkylation sites (tertiary alicyclic amines) is 1. The maximum atomic E-state index is 11.2. The van der Waals surface area contributed by atoms with E-state index in [1.54, 1.807) is 6.92 Å². The number of nitrogens with zero attached hydrogens (tertiary/aromatic N) is 1. The van der Waals surface area contributed by atoms with Crippen LogP contribution in [0, 0.1) is 11.3 Å². The fourth-order valence-corrected chi connectivity index (χ4v) is 2.38. The lowest BCUT2D eigenvalue weighted by molar-refractivity contribution is -0.152. The zero-order valence-corrected chi connectivity index (χ0v) is 8.69. The van der Waals surface area contributed by atoms with E-state index in [9.17, 15) is 9.90 Å². The standard InChI is InChI=1S/C10H17NO3/c1-7-3-11(4-7)8-5-14-6-10(8,2)9(12)13/h7-8H,3-6H2,1-2H3,(H,12,13). The Morgan fingerprint density at radius 1 is 1.57 bits per heavy atom. The first-order valence-electron chi connectivity index (χ1n) is 5.09. The first-order chi connectivity index (χ1) is 6.54. The fourth-order valence-electron chi connectivity index (χ4n) is 2.38. The van der Waals surface area contributed by atoms with Crippen LogP contribution in [0.2, 0.25) is 0 Å². The summed E-state index contributed by atoms with van der Waals surface area (Å²) in [7, 11) is 0. The number of ether oxygens (including phenoxy) is 1. The predicted molar refractivity (Wildman–Crippen MR) is 51.1 cm³/mol. The predicted octanol–water partition coefficient (Wildman–Crippen LogP) is 0.428. The first-order valence-corrected chi connectivity index (χ1v) is 5.09. The average Bonchev–Trinajstić information content (AvgIpc) is 2.43. The molecule has 0 bridgehead atoms.